The molecule has 2 aromatic carbocycles. The van der Waals surface area contributed by atoms with Crippen LogP contribution >= 0.6 is 0 Å². The molecule has 26 heavy (non-hydrogen) atoms. The third-order valence-corrected chi connectivity index (χ3v) is 4.44. The largest absolute Gasteiger partial charge is 0.323 e. The number of amides is 1. The molecule has 1 N–H and O–H groups in total. The van der Waals surface area contributed by atoms with E-state index in [0.717, 1.165) is 12.1 Å². The van der Waals surface area contributed by atoms with Crippen LogP contribution in [0.1, 0.15) is 23.0 Å². The van der Waals surface area contributed by atoms with E-state index in [4.69, 9.17) is 0 Å². The van der Waals surface area contributed by atoms with Gasteiger partial charge < -0.3 is 10.2 Å². The van der Waals surface area contributed by atoms with E-state index in [1.807, 2.05) is 12.1 Å². The second-order valence-corrected chi connectivity index (χ2v) is 6.27. The fraction of sp³-hybridized carbons (Fsp3) is 0.150. The highest BCUT2D eigenvalue weighted by molar-refractivity contribution is 6.03. The van der Waals surface area contributed by atoms with Crippen LogP contribution in [0.15, 0.2) is 60.9 Å². The van der Waals surface area contributed by atoms with Crippen molar-refractivity contribution in [2.75, 3.05) is 10.2 Å². The summed E-state index contributed by atoms with van der Waals surface area (Å²) < 4.78 is 13.0. The summed E-state index contributed by atoms with van der Waals surface area (Å²) >= 11 is 0. The molecule has 1 unspecified atom stereocenters. The van der Waals surface area contributed by atoms with Gasteiger partial charge in [0.05, 0.1) is 0 Å². The molecule has 1 atom stereocenters. The fourth-order valence-corrected chi connectivity index (χ4v) is 3.25. The van der Waals surface area contributed by atoms with E-state index in [-0.39, 0.29) is 23.5 Å². The molecule has 3 aromatic rings. The quantitative estimate of drug-likeness (QED) is 0.779. The average Bonchev–Trinajstić information content (AvgIpc) is 2.99. The normalized spacial score (nSPS) is 15.6. The van der Waals surface area contributed by atoms with Crippen LogP contribution in [0.4, 0.5) is 21.6 Å². The van der Waals surface area contributed by atoms with Gasteiger partial charge in [-0.1, -0.05) is 18.2 Å². The number of hydrogen-bond donors (Lipinski definition) is 1. The van der Waals surface area contributed by atoms with E-state index in [1.165, 1.54) is 36.2 Å². The molecule has 1 aromatic heterocycles. The molecule has 0 saturated heterocycles. The highest BCUT2D eigenvalue weighted by Crippen LogP contribution is 2.37. The van der Waals surface area contributed by atoms with E-state index >= 15 is 0 Å². The van der Waals surface area contributed by atoms with Crippen LogP contribution < -0.4 is 10.2 Å². The zero-order valence-corrected chi connectivity index (χ0v) is 14.2. The maximum Gasteiger partial charge on any atom is 0.274 e. The zero-order valence-electron chi connectivity index (χ0n) is 14.2. The van der Waals surface area contributed by atoms with Gasteiger partial charge in [-0.15, -0.1) is 0 Å². The van der Waals surface area contributed by atoms with Crippen molar-refractivity contribution in [3.63, 3.8) is 0 Å². The first kappa shape index (κ1) is 16.2. The van der Waals surface area contributed by atoms with Crippen molar-refractivity contribution < 1.29 is 9.18 Å². The molecule has 0 bridgehead atoms. The van der Waals surface area contributed by atoms with Gasteiger partial charge in [-0.3, -0.25) is 4.79 Å². The Morgan fingerprint density at radius 1 is 1.15 bits per heavy atom. The van der Waals surface area contributed by atoms with Crippen LogP contribution in [0.25, 0.3) is 0 Å². The molecular weight excluding hydrogens is 331 g/mol. The van der Waals surface area contributed by atoms with Crippen molar-refractivity contribution in [3.05, 3.63) is 78.0 Å². The van der Waals surface area contributed by atoms with Gasteiger partial charge in [0.25, 0.3) is 5.91 Å². The molecule has 1 aliphatic heterocycles. The van der Waals surface area contributed by atoms with Crippen molar-refractivity contribution in [2.24, 2.45) is 0 Å². The minimum absolute atomic E-state index is 0.246. The maximum atomic E-state index is 13.0. The van der Waals surface area contributed by atoms with Crippen LogP contribution in [0, 0.1) is 5.82 Å². The number of halogens is 1. The number of nitrogens with zero attached hydrogens (tertiary/aromatic N) is 3. The topological polar surface area (TPSA) is 58.1 Å². The monoisotopic (exact) mass is 348 g/mol. The van der Waals surface area contributed by atoms with Crippen LogP contribution in [-0.4, -0.2) is 21.9 Å². The molecule has 5 nitrogen and oxygen atoms in total. The minimum atomic E-state index is -0.361. The van der Waals surface area contributed by atoms with Gasteiger partial charge in [-0.2, -0.15) is 0 Å². The molecule has 0 fully saturated rings. The first-order valence-electron chi connectivity index (χ1n) is 8.38. The van der Waals surface area contributed by atoms with Crippen molar-refractivity contribution >= 4 is 23.1 Å². The Kier molecular flexibility index (Phi) is 4.08. The number of aromatic nitrogens is 2. The van der Waals surface area contributed by atoms with Gasteiger partial charge in [0.15, 0.2) is 0 Å². The van der Waals surface area contributed by atoms with Crippen LogP contribution in [0.3, 0.4) is 0 Å². The summed E-state index contributed by atoms with van der Waals surface area (Å²) in [6.45, 7) is 2.13. The molecule has 1 amide bonds. The number of anilines is 3. The van der Waals surface area contributed by atoms with E-state index < -0.39 is 0 Å². The standard InChI is InChI=1S/C20H17FN4O/c1-13-10-14-4-2-3-5-18(14)25(13)19-11-17(22-12-23-19)20(26)24-16-8-6-15(21)7-9-16/h2-9,11-13H,10H2,1H3,(H,24,26). The Balaban J connectivity index is 1.61. The minimum Gasteiger partial charge on any atom is -0.323 e. The number of nitrogens with one attached hydrogen (secondary N) is 1. The summed E-state index contributed by atoms with van der Waals surface area (Å²) in [6.07, 6.45) is 2.32. The SMILES string of the molecule is CC1Cc2ccccc2N1c1cc(C(=O)Nc2ccc(F)cc2)ncn1. The molecule has 2 heterocycles. The van der Waals surface area contributed by atoms with Crippen molar-refractivity contribution in [2.45, 2.75) is 19.4 Å². The Morgan fingerprint density at radius 3 is 2.73 bits per heavy atom. The highest BCUT2D eigenvalue weighted by Gasteiger charge is 2.28. The third-order valence-electron chi connectivity index (χ3n) is 4.44. The molecule has 0 spiro atoms. The number of para-hydroxylation sites is 1. The Hall–Kier alpha value is -3.28. The molecule has 1 aliphatic rings. The van der Waals surface area contributed by atoms with E-state index in [0.29, 0.717) is 11.5 Å². The Morgan fingerprint density at radius 2 is 1.92 bits per heavy atom. The lowest BCUT2D eigenvalue weighted by atomic mass is 10.1. The summed E-state index contributed by atoms with van der Waals surface area (Å²) in [4.78, 5) is 23.0. The summed E-state index contributed by atoms with van der Waals surface area (Å²) in [5.74, 6) is -0.0314. The molecule has 130 valence electrons. The predicted molar refractivity (Wildman–Crippen MR) is 98.1 cm³/mol. The summed E-state index contributed by atoms with van der Waals surface area (Å²) in [7, 11) is 0. The molecule has 6 heteroatoms. The molecule has 0 saturated carbocycles. The Bertz CT molecular complexity index is 958. The van der Waals surface area contributed by atoms with Crippen LogP contribution in [0.2, 0.25) is 0 Å². The van der Waals surface area contributed by atoms with Crippen LogP contribution in [-0.2, 0) is 6.42 Å². The van der Waals surface area contributed by atoms with Crippen molar-refractivity contribution in [3.8, 4) is 0 Å². The fourth-order valence-electron chi connectivity index (χ4n) is 3.25. The number of carbonyl (C=O) groups is 1. The van der Waals surface area contributed by atoms with Crippen molar-refractivity contribution in [1.29, 1.82) is 0 Å². The van der Waals surface area contributed by atoms with Crippen LogP contribution in [0.5, 0.6) is 0 Å². The molecule has 0 radical (unpaired) electrons. The third kappa shape index (κ3) is 3.01. The smallest absolute Gasteiger partial charge is 0.274 e. The number of benzene rings is 2. The van der Waals surface area contributed by atoms with Gasteiger partial charge in [0, 0.05) is 23.5 Å². The lowest BCUT2D eigenvalue weighted by Crippen LogP contribution is -2.25. The number of fused-ring (bicyclic) bond motifs is 1. The number of rotatable bonds is 3. The van der Waals surface area contributed by atoms with Gasteiger partial charge in [-0.05, 0) is 49.2 Å². The van der Waals surface area contributed by atoms with Gasteiger partial charge in [0.1, 0.15) is 23.7 Å². The summed E-state index contributed by atoms with van der Waals surface area (Å²) in [5, 5.41) is 2.72. The van der Waals surface area contributed by atoms with E-state index in [9.17, 15) is 9.18 Å². The maximum absolute atomic E-state index is 13.0. The molecule has 4 rings (SSSR count). The van der Waals surface area contributed by atoms with E-state index in [2.05, 4.69) is 39.2 Å². The second kappa shape index (κ2) is 6.55. The first-order chi connectivity index (χ1) is 12.6. The lowest BCUT2D eigenvalue weighted by Gasteiger charge is -2.23. The summed E-state index contributed by atoms with van der Waals surface area (Å²) in [5.41, 5.74) is 3.13. The number of hydrogen-bond acceptors (Lipinski definition) is 4. The predicted octanol–water partition coefficient (Wildman–Crippen LogP) is 3.95. The Labute approximate surface area is 150 Å². The molecular formula is C20H17FN4O. The first-order valence-corrected chi connectivity index (χ1v) is 8.38. The van der Waals surface area contributed by atoms with Gasteiger partial charge >= 0.3 is 0 Å². The zero-order chi connectivity index (χ0) is 18.1. The lowest BCUT2D eigenvalue weighted by molar-refractivity contribution is 0.102. The number of carbonyl (C=O) groups excluding carboxylic acids is 1. The van der Waals surface area contributed by atoms with Gasteiger partial charge in [-0.25, -0.2) is 14.4 Å². The van der Waals surface area contributed by atoms with Crippen molar-refractivity contribution in [1.82, 2.24) is 9.97 Å². The second-order valence-electron chi connectivity index (χ2n) is 6.27. The average molecular weight is 348 g/mol. The van der Waals surface area contributed by atoms with Gasteiger partial charge in [0.2, 0.25) is 0 Å². The molecule has 0 aliphatic carbocycles. The summed E-state index contributed by atoms with van der Waals surface area (Å²) in [6, 6.07) is 15.7. The van der Waals surface area contributed by atoms with E-state index in [1.54, 1.807) is 6.07 Å². The highest BCUT2D eigenvalue weighted by atomic mass is 19.1.